The second-order valence-corrected chi connectivity index (χ2v) is 5.23. The minimum atomic E-state index is 0.329. The molecular formula is C12H16BrNO. The van der Waals surface area contributed by atoms with Gasteiger partial charge in [-0.3, -0.25) is 0 Å². The van der Waals surface area contributed by atoms with Gasteiger partial charge in [-0.1, -0.05) is 22.9 Å². The number of rotatable bonds is 4. The zero-order chi connectivity index (χ0) is 10.8. The second kappa shape index (κ2) is 4.54. The van der Waals surface area contributed by atoms with Crippen LogP contribution in [-0.2, 0) is 6.54 Å². The molecule has 0 saturated heterocycles. The lowest BCUT2D eigenvalue weighted by atomic mass is 10.2. The van der Waals surface area contributed by atoms with Gasteiger partial charge in [-0.15, -0.1) is 0 Å². The third kappa shape index (κ3) is 2.95. The summed E-state index contributed by atoms with van der Waals surface area (Å²) in [5.74, 6) is 2.08. The molecule has 15 heavy (non-hydrogen) atoms. The van der Waals surface area contributed by atoms with Gasteiger partial charge in [0.2, 0.25) is 0 Å². The molecule has 2 nitrogen and oxygen atoms in total. The van der Waals surface area contributed by atoms with E-state index in [1.165, 1.54) is 6.42 Å². The van der Waals surface area contributed by atoms with E-state index in [1.54, 1.807) is 12.1 Å². The van der Waals surface area contributed by atoms with Crippen LogP contribution < -0.4 is 5.32 Å². The van der Waals surface area contributed by atoms with Crippen molar-refractivity contribution in [3.8, 4) is 5.75 Å². The molecule has 2 unspecified atom stereocenters. The topological polar surface area (TPSA) is 32.3 Å². The maximum absolute atomic E-state index is 9.35. The smallest absolute Gasteiger partial charge is 0.115 e. The van der Waals surface area contributed by atoms with Gasteiger partial charge >= 0.3 is 0 Å². The van der Waals surface area contributed by atoms with E-state index in [2.05, 4.69) is 28.2 Å². The van der Waals surface area contributed by atoms with Crippen LogP contribution in [0.3, 0.4) is 0 Å². The Morgan fingerprint density at radius 3 is 2.93 bits per heavy atom. The molecule has 2 atom stereocenters. The van der Waals surface area contributed by atoms with Crippen LogP contribution >= 0.6 is 15.9 Å². The molecule has 3 heteroatoms. The van der Waals surface area contributed by atoms with Gasteiger partial charge in [0.1, 0.15) is 5.75 Å². The first-order valence-corrected chi connectivity index (χ1v) is 6.14. The van der Waals surface area contributed by atoms with E-state index in [0.29, 0.717) is 5.75 Å². The number of benzene rings is 1. The van der Waals surface area contributed by atoms with Gasteiger partial charge in [-0.2, -0.15) is 0 Å². The number of phenols is 1. The van der Waals surface area contributed by atoms with E-state index in [-0.39, 0.29) is 0 Å². The fourth-order valence-electron chi connectivity index (χ4n) is 1.77. The van der Waals surface area contributed by atoms with Crippen LogP contribution in [0, 0.1) is 11.8 Å². The molecule has 0 spiro atoms. The standard InChI is InChI=1S/C12H16BrNO/c1-8-4-9(8)6-14-7-10-5-11(15)2-3-12(10)13/h2-3,5,8-9,14-15H,4,6-7H2,1H3. The number of halogens is 1. The van der Waals surface area contributed by atoms with Crippen LogP contribution in [0.25, 0.3) is 0 Å². The third-order valence-corrected chi connectivity index (χ3v) is 3.80. The fraction of sp³-hybridized carbons (Fsp3) is 0.500. The first-order valence-electron chi connectivity index (χ1n) is 5.35. The van der Waals surface area contributed by atoms with E-state index < -0.39 is 0 Å². The Kier molecular flexibility index (Phi) is 3.32. The molecule has 0 radical (unpaired) electrons. The highest BCUT2D eigenvalue weighted by molar-refractivity contribution is 9.10. The van der Waals surface area contributed by atoms with Gasteiger partial charge in [0, 0.05) is 11.0 Å². The molecule has 1 saturated carbocycles. The zero-order valence-electron chi connectivity index (χ0n) is 8.83. The highest BCUT2D eigenvalue weighted by Gasteiger charge is 2.31. The molecule has 1 fully saturated rings. The average Bonchev–Trinajstić information content (AvgIpc) is 2.88. The summed E-state index contributed by atoms with van der Waals surface area (Å²) in [4.78, 5) is 0. The summed E-state index contributed by atoms with van der Waals surface area (Å²) in [6.07, 6.45) is 1.36. The Morgan fingerprint density at radius 2 is 2.27 bits per heavy atom. The summed E-state index contributed by atoms with van der Waals surface area (Å²) in [7, 11) is 0. The Labute approximate surface area is 98.8 Å². The quantitative estimate of drug-likeness (QED) is 0.881. The maximum Gasteiger partial charge on any atom is 0.115 e. The van der Waals surface area contributed by atoms with Gasteiger partial charge in [0.25, 0.3) is 0 Å². The Hall–Kier alpha value is -0.540. The van der Waals surface area contributed by atoms with Gasteiger partial charge in [-0.25, -0.2) is 0 Å². The highest BCUT2D eigenvalue weighted by Crippen LogP contribution is 2.36. The van der Waals surface area contributed by atoms with E-state index in [1.807, 2.05) is 6.07 Å². The molecule has 1 aliphatic rings. The number of nitrogens with one attached hydrogen (secondary N) is 1. The van der Waals surface area contributed by atoms with Crippen LogP contribution in [0.1, 0.15) is 18.9 Å². The van der Waals surface area contributed by atoms with E-state index in [0.717, 1.165) is 35.0 Å². The molecule has 82 valence electrons. The Balaban J connectivity index is 1.84. The molecule has 2 N–H and O–H groups in total. The van der Waals surface area contributed by atoms with Crippen molar-refractivity contribution < 1.29 is 5.11 Å². The number of phenolic OH excluding ortho intramolecular Hbond substituents is 1. The average molecular weight is 270 g/mol. The normalized spacial score (nSPS) is 24.1. The Morgan fingerprint density at radius 1 is 1.53 bits per heavy atom. The van der Waals surface area contributed by atoms with E-state index in [4.69, 9.17) is 0 Å². The molecule has 0 heterocycles. The predicted molar refractivity (Wildman–Crippen MR) is 64.8 cm³/mol. The minimum Gasteiger partial charge on any atom is -0.508 e. The summed E-state index contributed by atoms with van der Waals surface area (Å²) < 4.78 is 1.05. The summed E-state index contributed by atoms with van der Waals surface area (Å²) >= 11 is 3.47. The first kappa shape index (κ1) is 11.0. The molecule has 1 aromatic carbocycles. The molecule has 1 aliphatic carbocycles. The Bertz CT molecular complexity index is 353. The fourth-order valence-corrected chi connectivity index (χ4v) is 2.16. The molecule has 0 aromatic heterocycles. The molecule has 0 amide bonds. The van der Waals surface area contributed by atoms with Crippen LogP contribution in [0.2, 0.25) is 0 Å². The number of hydrogen-bond acceptors (Lipinski definition) is 2. The largest absolute Gasteiger partial charge is 0.508 e. The van der Waals surface area contributed by atoms with Gasteiger partial charge in [0.05, 0.1) is 0 Å². The van der Waals surface area contributed by atoms with E-state index >= 15 is 0 Å². The van der Waals surface area contributed by atoms with Gasteiger partial charge in [-0.05, 0) is 48.6 Å². The number of aromatic hydroxyl groups is 1. The van der Waals surface area contributed by atoms with Crippen molar-refractivity contribution in [2.24, 2.45) is 11.8 Å². The van der Waals surface area contributed by atoms with Crippen molar-refractivity contribution >= 4 is 15.9 Å². The lowest BCUT2D eigenvalue weighted by Crippen LogP contribution is -2.17. The second-order valence-electron chi connectivity index (χ2n) is 4.38. The third-order valence-electron chi connectivity index (χ3n) is 3.03. The van der Waals surface area contributed by atoms with Crippen LogP contribution in [0.5, 0.6) is 5.75 Å². The number of hydrogen-bond donors (Lipinski definition) is 2. The SMILES string of the molecule is CC1CC1CNCc1cc(O)ccc1Br. The summed E-state index contributed by atoms with van der Waals surface area (Å²) in [6, 6.07) is 5.37. The van der Waals surface area contributed by atoms with Crippen molar-refractivity contribution in [3.05, 3.63) is 28.2 Å². The molecular weight excluding hydrogens is 254 g/mol. The molecule has 0 bridgehead atoms. The van der Waals surface area contributed by atoms with Crippen molar-refractivity contribution in [2.45, 2.75) is 19.9 Å². The van der Waals surface area contributed by atoms with Crippen LogP contribution in [0.15, 0.2) is 22.7 Å². The van der Waals surface area contributed by atoms with E-state index in [9.17, 15) is 5.11 Å². The lowest BCUT2D eigenvalue weighted by Gasteiger charge is -2.06. The van der Waals surface area contributed by atoms with Gasteiger partial charge < -0.3 is 10.4 Å². The van der Waals surface area contributed by atoms with Gasteiger partial charge in [0.15, 0.2) is 0 Å². The van der Waals surface area contributed by atoms with Crippen molar-refractivity contribution in [3.63, 3.8) is 0 Å². The summed E-state index contributed by atoms with van der Waals surface area (Å²) in [6.45, 7) is 4.19. The maximum atomic E-state index is 9.35. The monoisotopic (exact) mass is 269 g/mol. The lowest BCUT2D eigenvalue weighted by molar-refractivity contribution is 0.473. The zero-order valence-corrected chi connectivity index (χ0v) is 10.4. The molecule has 2 rings (SSSR count). The van der Waals surface area contributed by atoms with Crippen LogP contribution in [-0.4, -0.2) is 11.7 Å². The predicted octanol–water partition coefficient (Wildman–Crippen LogP) is 2.90. The van der Waals surface area contributed by atoms with Crippen molar-refractivity contribution in [2.75, 3.05) is 6.54 Å². The first-order chi connectivity index (χ1) is 7.16. The van der Waals surface area contributed by atoms with Crippen molar-refractivity contribution in [1.29, 1.82) is 0 Å². The molecule has 0 aliphatic heterocycles. The van der Waals surface area contributed by atoms with Crippen LogP contribution in [0.4, 0.5) is 0 Å². The highest BCUT2D eigenvalue weighted by atomic mass is 79.9. The summed E-state index contributed by atoms with van der Waals surface area (Å²) in [5, 5.41) is 12.8. The summed E-state index contributed by atoms with van der Waals surface area (Å²) in [5.41, 5.74) is 1.11. The van der Waals surface area contributed by atoms with Crippen molar-refractivity contribution in [1.82, 2.24) is 5.32 Å². The molecule has 1 aromatic rings. The minimum absolute atomic E-state index is 0.329.